The lowest BCUT2D eigenvalue weighted by Crippen LogP contribution is -2.23. The van der Waals surface area contributed by atoms with Crippen molar-refractivity contribution in [2.24, 2.45) is 4.99 Å². The van der Waals surface area contributed by atoms with E-state index < -0.39 is 0 Å². The Balaban J connectivity index is 2.62. The molecule has 0 aromatic carbocycles. The van der Waals surface area contributed by atoms with Gasteiger partial charge in [0.15, 0.2) is 5.78 Å². The van der Waals surface area contributed by atoms with Crippen molar-refractivity contribution in [3.05, 3.63) is 24.4 Å². The maximum Gasteiger partial charge on any atom is 0.157 e. The molecule has 0 atom stereocenters. The van der Waals surface area contributed by atoms with Gasteiger partial charge in [0.05, 0.1) is 0 Å². The number of allylic oxidation sites excluding steroid dienone is 2. The van der Waals surface area contributed by atoms with Crippen molar-refractivity contribution in [1.29, 1.82) is 0 Å². The van der Waals surface area contributed by atoms with Crippen molar-refractivity contribution >= 4 is 11.6 Å². The first-order valence-corrected chi connectivity index (χ1v) is 4.36. The van der Waals surface area contributed by atoms with E-state index in [0.717, 1.165) is 18.5 Å². The smallest absolute Gasteiger partial charge is 0.157 e. The monoisotopic (exact) mass is 178 g/mol. The second-order valence-electron chi connectivity index (χ2n) is 2.93. The Morgan fingerprint density at radius 3 is 3.00 bits per heavy atom. The number of hydrogen-bond acceptors (Lipinski definition) is 2. The fraction of sp³-hybridized carbons (Fsp3) is 0.400. The van der Waals surface area contributed by atoms with Crippen LogP contribution in [0.2, 0.25) is 0 Å². The Labute approximate surface area is 78.2 Å². The van der Waals surface area contributed by atoms with Crippen LogP contribution in [0.4, 0.5) is 0 Å². The molecule has 0 spiro atoms. The summed E-state index contributed by atoms with van der Waals surface area (Å²) < 4.78 is 0. The number of nitrogens with zero attached hydrogens (tertiary/aromatic N) is 1. The molecule has 3 nitrogen and oxygen atoms in total. The van der Waals surface area contributed by atoms with Crippen LogP contribution in [0.15, 0.2) is 29.4 Å². The minimum atomic E-state index is 0.188. The largest absolute Gasteiger partial charge is 0.344 e. The lowest BCUT2D eigenvalue weighted by molar-refractivity contribution is -0.115. The molecule has 0 fully saturated rings. The van der Waals surface area contributed by atoms with Gasteiger partial charge in [-0.25, -0.2) is 0 Å². The van der Waals surface area contributed by atoms with Gasteiger partial charge in [0.25, 0.3) is 0 Å². The number of carbonyl (C=O) groups excluding carboxylic acids is 1. The Hall–Kier alpha value is -1.38. The molecule has 1 aliphatic rings. The first-order valence-electron chi connectivity index (χ1n) is 4.36. The molecule has 0 aromatic heterocycles. The number of amidine groups is 1. The highest BCUT2D eigenvalue weighted by Gasteiger charge is 2.09. The highest BCUT2D eigenvalue weighted by Crippen LogP contribution is 2.12. The number of nitrogens with one attached hydrogen (secondary N) is 1. The van der Waals surface area contributed by atoms with E-state index in [1.807, 2.05) is 0 Å². The number of aliphatic imine (C=N–C) groups is 1. The number of hydrogen-bond donors (Lipinski definition) is 1. The van der Waals surface area contributed by atoms with Gasteiger partial charge in [-0.2, -0.15) is 0 Å². The summed E-state index contributed by atoms with van der Waals surface area (Å²) in [6, 6.07) is 0. The average Bonchev–Trinajstić information content (AvgIpc) is 2.14. The molecule has 3 heteroatoms. The van der Waals surface area contributed by atoms with Crippen molar-refractivity contribution in [2.45, 2.75) is 19.3 Å². The van der Waals surface area contributed by atoms with E-state index in [2.05, 4.69) is 16.9 Å². The quantitative estimate of drug-likeness (QED) is 0.513. The third-order valence-electron chi connectivity index (χ3n) is 1.93. The molecule has 70 valence electrons. The lowest BCUT2D eigenvalue weighted by Gasteiger charge is -2.13. The van der Waals surface area contributed by atoms with E-state index >= 15 is 0 Å². The number of rotatable bonds is 2. The van der Waals surface area contributed by atoms with E-state index in [-0.39, 0.29) is 5.78 Å². The van der Waals surface area contributed by atoms with Gasteiger partial charge in [-0.05, 0) is 18.9 Å². The molecule has 0 radical (unpaired) electrons. The second-order valence-corrected chi connectivity index (χ2v) is 2.93. The predicted octanol–water partition coefficient (Wildman–Crippen LogP) is 1.43. The minimum absolute atomic E-state index is 0.188. The Morgan fingerprint density at radius 1 is 1.69 bits per heavy atom. The van der Waals surface area contributed by atoms with E-state index in [1.54, 1.807) is 19.2 Å². The summed E-state index contributed by atoms with van der Waals surface area (Å²) in [7, 11) is 1.69. The molecule has 0 bridgehead atoms. The summed E-state index contributed by atoms with van der Waals surface area (Å²) in [5, 5.41) is 3.06. The summed E-state index contributed by atoms with van der Waals surface area (Å²) in [4.78, 5) is 15.0. The molecule has 0 aromatic rings. The number of ketones is 1. The molecule has 0 saturated heterocycles. The van der Waals surface area contributed by atoms with Crippen LogP contribution in [0.3, 0.4) is 0 Å². The second kappa shape index (κ2) is 4.60. The molecule has 0 unspecified atom stereocenters. The van der Waals surface area contributed by atoms with Crippen LogP contribution in [0, 0.1) is 0 Å². The summed E-state index contributed by atoms with van der Waals surface area (Å²) in [5.74, 6) is 0.897. The normalized spacial score (nSPS) is 18.1. The molecule has 0 aliphatic heterocycles. The van der Waals surface area contributed by atoms with Crippen LogP contribution in [0.1, 0.15) is 19.3 Å². The first-order chi connectivity index (χ1) is 6.26. The highest BCUT2D eigenvalue weighted by molar-refractivity contribution is 5.96. The molecule has 0 saturated carbocycles. The summed E-state index contributed by atoms with van der Waals surface area (Å²) in [6.07, 6.45) is 5.79. The average molecular weight is 178 g/mol. The van der Waals surface area contributed by atoms with Crippen molar-refractivity contribution in [2.75, 3.05) is 7.05 Å². The van der Waals surface area contributed by atoms with E-state index in [9.17, 15) is 4.79 Å². The van der Waals surface area contributed by atoms with Gasteiger partial charge in [0, 0.05) is 25.2 Å². The Bertz CT molecular complexity index is 277. The number of carbonyl (C=O) groups is 1. The van der Waals surface area contributed by atoms with E-state index in [4.69, 9.17) is 0 Å². The zero-order valence-electron chi connectivity index (χ0n) is 7.84. The topological polar surface area (TPSA) is 41.5 Å². The standard InChI is InChI=1S/C10H14N2O/c1-3-10(11-2)12-8-5-4-6-9(13)7-8/h3,7H,1,4-6H2,2H3,(H,11,12). The lowest BCUT2D eigenvalue weighted by atomic mass is 10.0. The molecule has 0 heterocycles. The van der Waals surface area contributed by atoms with Gasteiger partial charge in [-0.3, -0.25) is 9.79 Å². The highest BCUT2D eigenvalue weighted by atomic mass is 16.1. The third kappa shape index (κ3) is 2.86. The zero-order valence-corrected chi connectivity index (χ0v) is 7.84. The first kappa shape index (κ1) is 9.71. The molecular formula is C10H14N2O. The van der Waals surface area contributed by atoms with Gasteiger partial charge in [0.1, 0.15) is 5.84 Å². The van der Waals surface area contributed by atoms with Crippen LogP contribution in [-0.2, 0) is 4.79 Å². The molecule has 1 rings (SSSR count). The Morgan fingerprint density at radius 2 is 2.46 bits per heavy atom. The maximum absolute atomic E-state index is 11.0. The van der Waals surface area contributed by atoms with E-state index in [1.165, 1.54) is 0 Å². The molecule has 0 amide bonds. The van der Waals surface area contributed by atoms with Crippen LogP contribution in [0.5, 0.6) is 0 Å². The van der Waals surface area contributed by atoms with Gasteiger partial charge >= 0.3 is 0 Å². The van der Waals surface area contributed by atoms with Gasteiger partial charge in [-0.1, -0.05) is 6.58 Å². The SMILES string of the molecule is C=CC(=NC)NC1=CC(=O)CCC1. The van der Waals surface area contributed by atoms with Crippen molar-refractivity contribution < 1.29 is 4.79 Å². The maximum atomic E-state index is 11.0. The molecular weight excluding hydrogens is 164 g/mol. The predicted molar refractivity (Wildman–Crippen MR) is 53.6 cm³/mol. The van der Waals surface area contributed by atoms with Crippen LogP contribution in [-0.4, -0.2) is 18.7 Å². The summed E-state index contributed by atoms with van der Waals surface area (Å²) in [6.45, 7) is 3.61. The fourth-order valence-electron chi connectivity index (χ4n) is 1.25. The van der Waals surface area contributed by atoms with Crippen molar-refractivity contribution in [3.63, 3.8) is 0 Å². The van der Waals surface area contributed by atoms with Crippen molar-refractivity contribution in [3.8, 4) is 0 Å². The fourth-order valence-corrected chi connectivity index (χ4v) is 1.25. The van der Waals surface area contributed by atoms with Gasteiger partial charge in [0.2, 0.25) is 0 Å². The zero-order chi connectivity index (χ0) is 9.68. The molecule has 13 heavy (non-hydrogen) atoms. The van der Waals surface area contributed by atoms with Crippen molar-refractivity contribution in [1.82, 2.24) is 5.32 Å². The third-order valence-corrected chi connectivity index (χ3v) is 1.93. The van der Waals surface area contributed by atoms with E-state index in [0.29, 0.717) is 12.3 Å². The van der Waals surface area contributed by atoms with Crippen LogP contribution < -0.4 is 5.32 Å². The minimum Gasteiger partial charge on any atom is -0.344 e. The van der Waals surface area contributed by atoms with Gasteiger partial charge in [-0.15, -0.1) is 0 Å². The Kier molecular flexibility index (Phi) is 3.43. The summed E-state index contributed by atoms with van der Waals surface area (Å²) >= 11 is 0. The van der Waals surface area contributed by atoms with Crippen LogP contribution >= 0.6 is 0 Å². The van der Waals surface area contributed by atoms with Crippen LogP contribution in [0.25, 0.3) is 0 Å². The molecule has 1 N–H and O–H groups in total. The molecule has 1 aliphatic carbocycles. The van der Waals surface area contributed by atoms with Gasteiger partial charge < -0.3 is 5.32 Å². The summed E-state index contributed by atoms with van der Waals surface area (Å²) in [5.41, 5.74) is 0.941.